The summed E-state index contributed by atoms with van der Waals surface area (Å²) >= 11 is 3.43. The lowest BCUT2D eigenvalue weighted by atomic mass is 10.2. The zero-order valence-electron chi connectivity index (χ0n) is 10.3. The van der Waals surface area contributed by atoms with Gasteiger partial charge in [-0.3, -0.25) is 0 Å². The molecular weight excluding hydrogens is 304 g/mol. The summed E-state index contributed by atoms with van der Waals surface area (Å²) in [5, 5.41) is 0. The van der Waals surface area contributed by atoms with E-state index >= 15 is 0 Å². The van der Waals surface area contributed by atoms with Gasteiger partial charge >= 0.3 is 0 Å². The van der Waals surface area contributed by atoms with Crippen molar-refractivity contribution < 1.29 is 9.47 Å². The fraction of sp³-hybridized carbons (Fsp3) is 0.125. The van der Waals surface area contributed by atoms with E-state index in [0.717, 1.165) is 15.8 Å². The van der Waals surface area contributed by atoms with E-state index in [4.69, 9.17) is 15.9 Å². The van der Waals surface area contributed by atoms with Crippen molar-refractivity contribution in [1.29, 1.82) is 0 Å². The summed E-state index contributed by atoms with van der Waals surface area (Å²) in [5.74, 6) is 3.92. The van der Waals surface area contributed by atoms with E-state index in [0.29, 0.717) is 12.4 Å². The van der Waals surface area contributed by atoms with Crippen LogP contribution in [0.3, 0.4) is 0 Å². The Hall–Kier alpha value is -1.92. The standard InChI is InChI=1S/C16H13BrO2/c1-2-10-18-16-9-8-14(11-15(16)17)19-12-13-6-4-3-5-7-13/h1,3-9,11H,10,12H2. The average molecular weight is 317 g/mol. The van der Waals surface area contributed by atoms with Gasteiger partial charge in [0.15, 0.2) is 0 Å². The Morgan fingerprint density at radius 2 is 1.84 bits per heavy atom. The monoisotopic (exact) mass is 316 g/mol. The van der Waals surface area contributed by atoms with Crippen molar-refractivity contribution in [3.63, 3.8) is 0 Å². The molecule has 0 bridgehead atoms. The van der Waals surface area contributed by atoms with E-state index in [1.807, 2.05) is 48.5 Å². The summed E-state index contributed by atoms with van der Waals surface area (Å²) in [6.07, 6.45) is 5.15. The van der Waals surface area contributed by atoms with Crippen LogP contribution in [0.25, 0.3) is 0 Å². The highest BCUT2D eigenvalue weighted by molar-refractivity contribution is 9.10. The fourth-order valence-electron chi connectivity index (χ4n) is 1.55. The van der Waals surface area contributed by atoms with Gasteiger partial charge < -0.3 is 9.47 Å². The largest absolute Gasteiger partial charge is 0.489 e. The van der Waals surface area contributed by atoms with E-state index in [1.54, 1.807) is 0 Å². The molecule has 0 spiro atoms. The minimum Gasteiger partial charge on any atom is -0.489 e. The number of rotatable bonds is 5. The van der Waals surface area contributed by atoms with Crippen LogP contribution in [0.5, 0.6) is 11.5 Å². The van der Waals surface area contributed by atoms with Gasteiger partial charge in [-0.2, -0.15) is 0 Å². The highest BCUT2D eigenvalue weighted by Gasteiger charge is 2.03. The summed E-state index contributed by atoms with van der Waals surface area (Å²) < 4.78 is 11.9. The third kappa shape index (κ3) is 4.04. The zero-order chi connectivity index (χ0) is 13.5. The van der Waals surface area contributed by atoms with Crippen LogP contribution >= 0.6 is 15.9 Å². The van der Waals surface area contributed by atoms with E-state index in [9.17, 15) is 0 Å². The zero-order valence-corrected chi connectivity index (χ0v) is 11.9. The van der Waals surface area contributed by atoms with Crippen molar-refractivity contribution in [3.05, 3.63) is 58.6 Å². The number of terminal acetylenes is 1. The molecule has 96 valence electrons. The van der Waals surface area contributed by atoms with Gasteiger partial charge in [0.05, 0.1) is 4.47 Å². The lowest BCUT2D eigenvalue weighted by Crippen LogP contribution is -1.97. The molecule has 0 unspecified atom stereocenters. The van der Waals surface area contributed by atoms with Gasteiger partial charge in [0.1, 0.15) is 24.7 Å². The van der Waals surface area contributed by atoms with Crippen molar-refractivity contribution in [3.8, 4) is 23.8 Å². The summed E-state index contributed by atoms with van der Waals surface area (Å²) in [6, 6.07) is 15.6. The molecule has 0 N–H and O–H groups in total. The molecule has 19 heavy (non-hydrogen) atoms. The number of halogens is 1. The molecule has 2 nitrogen and oxygen atoms in total. The molecule has 2 rings (SSSR count). The number of hydrogen-bond donors (Lipinski definition) is 0. The van der Waals surface area contributed by atoms with Crippen LogP contribution in [0.1, 0.15) is 5.56 Å². The summed E-state index contributed by atoms with van der Waals surface area (Å²) in [4.78, 5) is 0. The SMILES string of the molecule is C#CCOc1ccc(OCc2ccccc2)cc1Br. The molecule has 0 saturated carbocycles. The Morgan fingerprint density at radius 3 is 2.53 bits per heavy atom. The van der Waals surface area contributed by atoms with Crippen LogP contribution in [0.15, 0.2) is 53.0 Å². The molecule has 0 aromatic heterocycles. The lowest BCUT2D eigenvalue weighted by Gasteiger charge is -2.09. The van der Waals surface area contributed by atoms with Gasteiger partial charge in [-0.25, -0.2) is 0 Å². The molecule has 2 aromatic carbocycles. The molecule has 0 aliphatic carbocycles. The second-order valence-corrected chi connectivity index (χ2v) is 4.71. The molecule has 0 fully saturated rings. The van der Waals surface area contributed by atoms with E-state index in [-0.39, 0.29) is 6.61 Å². The van der Waals surface area contributed by atoms with Crippen LogP contribution in [-0.4, -0.2) is 6.61 Å². The topological polar surface area (TPSA) is 18.5 Å². The third-order valence-electron chi connectivity index (χ3n) is 2.46. The maximum atomic E-state index is 5.71. The van der Waals surface area contributed by atoms with Gasteiger partial charge in [0.25, 0.3) is 0 Å². The van der Waals surface area contributed by atoms with Gasteiger partial charge in [0.2, 0.25) is 0 Å². The number of hydrogen-bond acceptors (Lipinski definition) is 2. The summed E-state index contributed by atoms with van der Waals surface area (Å²) in [5.41, 5.74) is 1.13. The van der Waals surface area contributed by atoms with Crippen molar-refractivity contribution in [1.82, 2.24) is 0 Å². The second kappa shape index (κ2) is 6.86. The minimum atomic E-state index is 0.253. The second-order valence-electron chi connectivity index (χ2n) is 3.86. The molecule has 0 aliphatic rings. The third-order valence-corrected chi connectivity index (χ3v) is 3.08. The van der Waals surface area contributed by atoms with Crippen LogP contribution < -0.4 is 9.47 Å². The Kier molecular flexibility index (Phi) is 4.88. The Bertz CT molecular complexity index is 573. The molecule has 0 amide bonds. The van der Waals surface area contributed by atoms with Crippen LogP contribution in [0, 0.1) is 12.3 Å². The van der Waals surface area contributed by atoms with Crippen molar-refractivity contribution in [2.45, 2.75) is 6.61 Å². The smallest absolute Gasteiger partial charge is 0.148 e. The van der Waals surface area contributed by atoms with Gasteiger partial charge in [-0.05, 0) is 39.7 Å². The van der Waals surface area contributed by atoms with Crippen LogP contribution in [0.2, 0.25) is 0 Å². The molecule has 0 saturated heterocycles. The fourth-order valence-corrected chi connectivity index (χ4v) is 2.02. The summed E-state index contributed by atoms with van der Waals surface area (Å²) in [6.45, 7) is 0.792. The van der Waals surface area contributed by atoms with E-state index in [1.165, 1.54) is 0 Å². The number of ether oxygens (including phenoxy) is 2. The van der Waals surface area contributed by atoms with Crippen LogP contribution in [-0.2, 0) is 6.61 Å². The predicted octanol–water partition coefficient (Wildman–Crippen LogP) is 4.04. The van der Waals surface area contributed by atoms with E-state index < -0.39 is 0 Å². The van der Waals surface area contributed by atoms with Crippen LogP contribution in [0.4, 0.5) is 0 Å². The highest BCUT2D eigenvalue weighted by Crippen LogP contribution is 2.29. The average Bonchev–Trinajstić information content (AvgIpc) is 2.45. The molecule has 0 atom stereocenters. The first kappa shape index (κ1) is 13.5. The maximum absolute atomic E-state index is 5.71. The van der Waals surface area contributed by atoms with Gasteiger partial charge in [-0.1, -0.05) is 36.3 Å². The molecule has 0 aliphatic heterocycles. The van der Waals surface area contributed by atoms with Crippen molar-refractivity contribution in [2.75, 3.05) is 6.61 Å². The Morgan fingerprint density at radius 1 is 1.05 bits per heavy atom. The molecule has 2 aromatic rings. The quantitative estimate of drug-likeness (QED) is 0.775. The Balaban J connectivity index is 1.98. The van der Waals surface area contributed by atoms with Gasteiger partial charge in [0, 0.05) is 0 Å². The molecule has 0 heterocycles. The van der Waals surface area contributed by atoms with Crippen molar-refractivity contribution in [2.24, 2.45) is 0 Å². The predicted molar refractivity (Wildman–Crippen MR) is 79.2 cm³/mol. The molecular formula is C16H13BrO2. The lowest BCUT2D eigenvalue weighted by molar-refractivity contribution is 0.304. The first-order valence-electron chi connectivity index (χ1n) is 5.82. The highest BCUT2D eigenvalue weighted by atomic mass is 79.9. The maximum Gasteiger partial charge on any atom is 0.148 e. The first-order valence-corrected chi connectivity index (χ1v) is 6.61. The number of benzene rings is 2. The first-order chi connectivity index (χ1) is 9.29. The van der Waals surface area contributed by atoms with Crippen molar-refractivity contribution >= 4 is 15.9 Å². The van der Waals surface area contributed by atoms with E-state index in [2.05, 4.69) is 21.9 Å². The minimum absolute atomic E-state index is 0.253. The Labute approximate surface area is 121 Å². The summed E-state index contributed by atoms with van der Waals surface area (Å²) in [7, 11) is 0. The normalized spacial score (nSPS) is 9.68. The molecule has 0 radical (unpaired) electrons. The molecule has 3 heteroatoms. The van der Waals surface area contributed by atoms with Gasteiger partial charge in [-0.15, -0.1) is 6.42 Å².